The van der Waals surface area contributed by atoms with Crippen LogP contribution in [0.5, 0.6) is 6.01 Å². The number of nitrogen functional groups attached to an aromatic ring is 1. The van der Waals surface area contributed by atoms with Crippen LogP contribution in [0.2, 0.25) is 0 Å². The van der Waals surface area contributed by atoms with Crippen LogP contribution in [0.3, 0.4) is 0 Å². The summed E-state index contributed by atoms with van der Waals surface area (Å²) in [7, 11) is 0. The lowest BCUT2D eigenvalue weighted by Gasteiger charge is -2.05. The minimum Gasteiger partial charge on any atom is -0.480 e. The van der Waals surface area contributed by atoms with Gasteiger partial charge in [0, 0.05) is 12.1 Å². The molecule has 2 aromatic heterocycles. The molecule has 0 bridgehead atoms. The number of anilines is 1. The summed E-state index contributed by atoms with van der Waals surface area (Å²) < 4.78 is 1.47. The van der Waals surface area contributed by atoms with Crippen LogP contribution in [0.4, 0.5) is 11.5 Å². The van der Waals surface area contributed by atoms with Crippen molar-refractivity contribution in [3.05, 3.63) is 45.8 Å². The van der Waals surface area contributed by atoms with E-state index in [1.54, 1.807) is 19.1 Å². The number of hydrogen-bond donors (Lipinski definition) is 2. The van der Waals surface area contributed by atoms with Gasteiger partial charge in [0.25, 0.3) is 11.7 Å². The summed E-state index contributed by atoms with van der Waals surface area (Å²) in [6.07, 6.45) is 0. The molecule has 2 heterocycles. The molecule has 0 aliphatic rings. The van der Waals surface area contributed by atoms with Crippen LogP contribution in [-0.2, 0) is 6.54 Å². The Morgan fingerprint density at radius 1 is 1.27 bits per heavy atom. The van der Waals surface area contributed by atoms with Gasteiger partial charge in [-0.1, -0.05) is 12.1 Å². The third-order valence-corrected chi connectivity index (χ3v) is 3.20. The Bertz CT molecular complexity index is 872. The summed E-state index contributed by atoms with van der Waals surface area (Å²) in [4.78, 5) is 22.4. The molecule has 0 atom stereocenters. The van der Waals surface area contributed by atoms with E-state index in [1.165, 1.54) is 16.7 Å². The Hall–Kier alpha value is -3.23. The fourth-order valence-corrected chi connectivity index (χ4v) is 2.17. The van der Waals surface area contributed by atoms with Crippen LogP contribution in [0.25, 0.3) is 11.2 Å². The maximum Gasteiger partial charge on any atom is 0.296 e. The molecule has 0 unspecified atom stereocenters. The van der Waals surface area contributed by atoms with Gasteiger partial charge in [0.15, 0.2) is 17.0 Å². The second kappa shape index (κ2) is 4.95. The SMILES string of the molecule is Cc1nc(N)c2nc(O)n(Cc3ccc([N+](=O)[O-])cc3)c2n1. The van der Waals surface area contributed by atoms with Crippen molar-refractivity contribution in [2.75, 3.05) is 5.73 Å². The molecule has 0 saturated heterocycles. The van der Waals surface area contributed by atoms with Crippen LogP contribution >= 0.6 is 0 Å². The predicted molar refractivity (Wildman–Crippen MR) is 78.3 cm³/mol. The number of aromatic hydroxyl groups is 1. The molecule has 0 radical (unpaired) electrons. The van der Waals surface area contributed by atoms with Crippen molar-refractivity contribution in [1.82, 2.24) is 19.5 Å². The third-order valence-electron chi connectivity index (χ3n) is 3.20. The van der Waals surface area contributed by atoms with Gasteiger partial charge in [0.1, 0.15) is 5.82 Å². The first-order valence-corrected chi connectivity index (χ1v) is 6.38. The summed E-state index contributed by atoms with van der Waals surface area (Å²) in [5.41, 5.74) is 7.28. The number of fused-ring (bicyclic) bond motifs is 1. The first-order valence-electron chi connectivity index (χ1n) is 6.38. The third kappa shape index (κ3) is 2.28. The van der Waals surface area contributed by atoms with Crippen LogP contribution in [0, 0.1) is 17.0 Å². The van der Waals surface area contributed by atoms with Gasteiger partial charge in [0.2, 0.25) is 0 Å². The summed E-state index contributed by atoms with van der Waals surface area (Å²) >= 11 is 0. The number of imidazole rings is 1. The molecule has 0 amide bonds. The maximum atomic E-state index is 10.7. The van der Waals surface area contributed by atoms with E-state index in [2.05, 4.69) is 15.0 Å². The van der Waals surface area contributed by atoms with E-state index < -0.39 is 4.92 Å². The smallest absolute Gasteiger partial charge is 0.296 e. The lowest BCUT2D eigenvalue weighted by atomic mass is 10.2. The van der Waals surface area contributed by atoms with E-state index in [4.69, 9.17) is 5.73 Å². The number of aromatic nitrogens is 4. The Kier molecular flexibility index (Phi) is 3.09. The zero-order valence-corrected chi connectivity index (χ0v) is 11.6. The number of hydrogen-bond acceptors (Lipinski definition) is 7. The fraction of sp³-hybridized carbons (Fsp3) is 0.154. The Balaban J connectivity index is 2.03. The van der Waals surface area contributed by atoms with Gasteiger partial charge in [-0.25, -0.2) is 9.97 Å². The molecule has 9 nitrogen and oxygen atoms in total. The zero-order chi connectivity index (χ0) is 15.9. The van der Waals surface area contributed by atoms with Crippen molar-refractivity contribution in [3.8, 4) is 6.01 Å². The van der Waals surface area contributed by atoms with Crippen LogP contribution in [0.15, 0.2) is 24.3 Å². The van der Waals surface area contributed by atoms with Crippen molar-refractivity contribution in [2.24, 2.45) is 0 Å². The van der Waals surface area contributed by atoms with Gasteiger partial charge in [-0.3, -0.25) is 14.7 Å². The summed E-state index contributed by atoms with van der Waals surface area (Å²) in [6.45, 7) is 1.95. The van der Waals surface area contributed by atoms with E-state index in [0.29, 0.717) is 17.0 Å². The predicted octanol–water partition coefficient (Wildman–Crippen LogP) is 1.38. The molecule has 0 spiro atoms. The van der Waals surface area contributed by atoms with Crippen molar-refractivity contribution in [1.29, 1.82) is 0 Å². The standard InChI is InChI=1S/C13H12N6O3/c1-7-15-11(14)10-12(16-7)18(13(20)17-10)6-8-2-4-9(5-3-8)19(21)22/h2-5H,6H2,1H3,(H,17,20)(H2,14,15,16). The Morgan fingerprint density at radius 3 is 2.59 bits per heavy atom. The Labute approximate surface area is 124 Å². The van der Waals surface area contributed by atoms with Gasteiger partial charge in [-0.05, 0) is 12.5 Å². The maximum absolute atomic E-state index is 10.7. The van der Waals surface area contributed by atoms with E-state index in [0.717, 1.165) is 5.56 Å². The molecule has 9 heteroatoms. The topological polar surface area (TPSA) is 133 Å². The van der Waals surface area contributed by atoms with Gasteiger partial charge in [0.05, 0.1) is 11.5 Å². The molecule has 0 fully saturated rings. The first-order chi connectivity index (χ1) is 10.5. The molecular weight excluding hydrogens is 288 g/mol. The highest BCUT2D eigenvalue weighted by Crippen LogP contribution is 2.24. The summed E-state index contributed by atoms with van der Waals surface area (Å²) in [5.74, 6) is 0.662. The number of non-ortho nitro benzene ring substituents is 1. The minimum absolute atomic E-state index is 0.00544. The zero-order valence-electron chi connectivity index (χ0n) is 11.6. The number of rotatable bonds is 3. The monoisotopic (exact) mass is 300 g/mol. The second-order valence-electron chi connectivity index (χ2n) is 4.75. The highest BCUT2D eigenvalue weighted by atomic mass is 16.6. The van der Waals surface area contributed by atoms with Crippen molar-refractivity contribution in [3.63, 3.8) is 0 Å². The lowest BCUT2D eigenvalue weighted by Crippen LogP contribution is -2.03. The van der Waals surface area contributed by atoms with E-state index >= 15 is 0 Å². The van der Waals surface area contributed by atoms with Crippen LogP contribution < -0.4 is 5.73 Å². The molecular formula is C13H12N6O3. The number of nitrogens with two attached hydrogens (primary N) is 1. The average Bonchev–Trinajstić information content (AvgIpc) is 2.77. The molecule has 1 aromatic carbocycles. The number of nitro benzene ring substituents is 1. The van der Waals surface area contributed by atoms with E-state index in [9.17, 15) is 15.2 Å². The molecule has 3 N–H and O–H groups in total. The highest BCUT2D eigenvalue weighted by Gasteiger charge is 2.15. The number of benzene rings is 1. The fourth-order valence-electron chi connectivity index (χ4n) is 2.17. The normalized spacial score (nSPS) is 11.0. The molecule has 22 heavy (non-hydrogen) atoms. The Morgan fingerprint density at radius 2 is 1.95 bits per heavy atom. The van der Waals surface area contributed by atoms with E-state index in [-0.39, 0.29) is 24.1 Å². The number of nitro groups is 1. The van der Waals surface area contributed by atoms with Crippen molar-refractivity contribution in [2.45, 2.75) is 13.5 Å². The van der Waals surface area contributed by atoms with Crippen molar-refractivity contribution < 1.29 is 10.0 Å². The average molecular weight is 300 g/mol. The van der Waals surface area contributed by atoms with Gasteiger partial charge in [-0.2, -0.15) is 4.98 Å². The molecule has 112 valence electrons. The molecule has 0 saturated carbocycles. The molecule has 0 aliphatic carbocycles. The quantitative estimate of drug-likeness (QED) is 0.551. The highest BCUT2D eigenvalue weighted by molar-refractivity contribution is 5.82. The van der Waals surface area contributed by atoms with Gasteiger partial charge in [-0.15, -0.1) is 0 Å². The largest absolute Gasteiger partial charge is 0.480 e. The molecule has 0 aliphatic heterocycles. The van der Waals surface area contributed by atoms with Gasteiger partial charge >= 0.3 is 0 Å². The van der Waals surface area contributed by atoms with Gasteiger partial charge < -0.3 is 10.8 Å². The summed E-state index contributed by atoms with van der Waals surface area (Å²) in [6, 6.07) is 5.79. The van der Waals surface area contributed by atoms with Crippen LogP contribution in [-0.4, -0.2) is 29.5 Å². The second-order valence-corrected chi connectivity index (χ2v) is 4.75. The number of nitrogens with zero attached hydrogens (tertiary/aromatic N) is 5. The van der Waals surface area contributed by atoms with Crippen LogP contribution in [0.1, 0.15) is 11.4 Å². The number of aryl methyl sites for hydroxylation is 1. The van der Waals surface area contributed by atoms with Crippen molar-refractivity contribution >= 4 is 22.7 Å². The molecule has 3 aromatic rings. The summed E-state index contributed by atoms with van der Waals surface area (Å²) in [5, 5.41) is 20.6. The van der Waals surface area contributed by atoms with E-state index in [1.807, 2.05) is 0 Å². The lowest BCUT2D eigenvalue weighted by molar-refractivity contribution is -0.384. The molecule has 3 rings (SSSR count). The first kappa shape index (κ1) is 13.7. The minimum atomic E-state index is -0.467.